The quantitative estimate of drug-likeness (QED) is 0.235. The molecule has 0 radical (unpaired) electrons. The maximum Gasteiger partial charge on any atom is 1.00 e. The summed E-state index contributed by atoms with van der Waals surface area (Å²) in [6, 6.07) is 5.85. The number of hydrogen-bond donors (Lipinski definition) is 0. The molecule has 0 aromatic carbocycles. The van der Waals surface area contributed by atoms with E-state index in [4.69, 9.17) is 43.7 Å². The van der Waals surface area contributed by atoms with E-state index in [9.17, 15) is 0 Å². The van der Waals surface area contributed by atoms with Gasteiger partial charge in [-0.15, -0.1) is 0 Å². The van der Waals surface area contributed by atoms with Crippen LogP contribution >= 0.6 is 0 Å². The normalized spacial score (nSPS) is 11.4. The van der Waals surface area contributed by atoms with Gasteiger partial charge in [-0.1, -0.05) is 0 Å². The molecule has 3 aromatic heterocycles. The van der Waals surface area contributed by atoms with Gasteiger partial charge in [0.05, 0.1) is 73.8 Å². The number of ether oxygens (including phenoxy) is 6. The summed E-state index contributed by atoms with van der Waals surface area (Å²) in [7, 11) is 9.83. The third-order valence-electron chi connectivity index (χ3n) is 5.00. The maximum atomic E-state index is 5.47. The fourth-order valence-electron chi connectivity index (χ4n) is 3.80. The molecule has 188 valence electrons. The summed E-state index contributed by atoms with van der Waals surface area (Å²) in [6.07, 6.45) is -0.609. The van der Waals surface area contributed by atoms with Crippen LogP contribution in [-0.4, -0.2) is 72.0 Å². The third-order valence-corrected chi connectivity index (χ3v) is 5.00. The summed E-state index contributed by atoms with van der Waals surface area (Å²) >= 11 is 0. The smallest absolute Gasteiger partial charge is 0.378 e. The number of hydrogen-bond acceptors (Lipinski definition) is 9. The van der Waals surface area contributed by atoms with E-state index in [1.54, 1.807) is 42.7 Å². The molecule has 0 fully saturated rings. The van der Waals surface area contributed by atoms with Crippen LogP contribution in [0.2, 0.25) is 0 Å². The van der Waals surface area contributed by atoms with Crippen molar-refractivity contribution < 1.29 is 58.0 Å². The van der Waals surface area contributed by atoms with Crippen molar-refractivity contribution >= 4 is 0 Å². The molecule has 0 aliphatic heterocycles. The van der Waals surface area contributed by atoms with E-state index in [0.717, 1.165) is 34.2 Å². The molecule has 13 heteroatoms. The van der Waals surface area contributed by atoms with Gasteiger partial charge in [-0.3, -0.25) is 0 Å². The van der Waals surface area contributed by atoms with Gasteiger partial charge in [0, 0.05) is 42.7 Å². The number of aromatic nitrogens is 6. The van der Waals surface area contributed by atoms with Crippen molar-refractivity contribution in [3.8, 4) is 0 Å². The molecule has 0 atom stereocenters. The zero-order valence-electron chi connectivity index (χ0n) is 21.7. The van der Waals surface area contributed by atoms with Gasteiger partial charge in [0.2, 0.25) is 6.29 Å². The Balaban J connectivity index is 0.00000432. The van der Waals surface area contributed by atoms with Gasteiger partial charge in [-0.25, -0.2) is 14.0 Å². The Hall–Kier alpha value is -1.61. The van der Waals surface area contributed by atoms with E-state index in [0.29, 0.717) is 39.6 Å². The first-order chi connectivity index (χ1) is 16.6. The summed E-state index contributed by atoms with van der Waals surface area (Å²) < 4.78 is 37.9. The second kappa shape index (κ2) is 14.8. The average Bonchev–Trinajstić information content (AvgIpc) is 3.50. The topological polar surface area (TPSA) is 109 Å². The minimum atomic E-state index is -0.609. The van der Waals surface area contributed by atoms with Crippen molar-refractivity contribution in [2.24, 2.45) is 0 Å². The predicted molar refractivity (Wildman–Crippen MR) is 121 cm³/mol. The number of rotatable bonds is 15. The molecule has 3 aromatic rings. The largest absolute Gasteiger partial charge is 1.00 e. The monoisotopic (exact) mass is 501 g/mol. The first-order valence-electron chi connectivity index (χ1n) is 10.8. The summed E-state index contributed by atoms with van der Waals surface area (Å²) in [6.45, 7) is 2.08. The van der Waals surface area contributed by atoms with E-state index in [1.807, 2.05) is 32.2 Å². The van der Waals surface area contributed by atoms with Crippen LogP contribution in [0.25, 0.3) is 0 Å². The molecule has 0 unspecified atom stereocenters. The van der Waals surface area contributed by atoms with E-state index in [-0.39, 0.29) is 29.6 Å². The fraction of sp³-hybridized carbons (Fsp3) is 0.591. The molecule has 3 heterocycles. The average molecular weight is 502 g/mol. The fourth-order valence-corrected chi connectivity index (χ4v) is 3.80. The van der Waals surface area contributed by atoms with Gasteiger partial charge >= 0.3 is 29.6 Å². The van der Waals surface area contributed by atoms with Crippen molar-refractivity contribution in [1.29, 1.82) is 0 Å². The summed E-state index contributed by atoms with van der Waals surface area (Å²) in [4.78, 5) is 0. The zero-order chi connectivity index (χ0) is 24.5. The van der Waals surface area contributed by atoms with Gasteiger partial charge in [-0.05, 0) is 18.2 Å². The van der Waals surface area contributed by atoms with Crippen LogP contribution in [0.15, 0.2) is 18.2 Å². The van der Waals surface area contributed by atoms with Crippen LogP contribution in [0.5, 0.6) is 0 Å². The molecule has 35 heavy (non-hydrogen) atoms. The number of methoxy groups -OCH3 is 6. The molecule has 0 bridgehead atoms. The van der Waals surface area contributed by atoms with E-state index in [1.165, 1.54) is 0 Å². The Bertz CT molecular complexity index is 907. The van der Waals surface area contributed by atoms with Gasteiger partial charge in [-0.2, -0.15) is 15.3 Å². The molecule has 0 spiro atoms. The SMILES string of the molecule is COCc1cc(COC)n(C(n2nc(COC)cc2COC)n2nc(COC)cc2COC)n1.[Na+]. The van der Waals surface area contributed by atoms with Crippen LogP contribution in [0.3, 0.4) is 0 Å². The van der Waals surface area contributed by atoms with Crippen molar-refractivity contribution in [2.75, 3.05) is 42.7 Å². The predicted octanol–water partition coefficient (Wildman–Crippen LogP) is -1.29. The van der Waals surface area contributed by atoms with E-state index >= 15 is 0 Å². The van der Waals surface area contributed by atoms with Crippen molar-refractivity contribution in [1.82, 2.24) is 29.3 Å². The standard InChI is InChI=1S/C22H34N6O6.Na/c1-29-10-16-7-19(13-32-4)26(23-16)22(27-20(14-33-5)8-17(24-27)11-30-2)28-21(15-34-6)9-18(25-28)12-31-3;/h7-9,22H,10-15H2,1-6H3;/q;+1. The summed E-state index contributed by atoms with van der Waals surface area (Å²) in [5.74, 6) is 0. The molecule has 0 saturated carbocycles. The van der Waals surface area contributed by atoms with Crippen LogP contribution in [0.4, 0.5) is 0 Å². The molecule has 0 amide bonds. The molecule has 0 N–H and O–H groups in total. The molecular formula is C22H34N6NaO6+. The van der Waals surface area contributed by atoms with Crippen molar-refractivity contribution in [2.45, 2.75) is 45.9 Å². The second-order valence-corrected chi connectivity index (χ2v) is 7.66. The summed E-state index contributed by atoms with van der Waals surface area (Å²) in [5, 5.41) is 14.5. The first kappa shape index (κ1) is 29.6. The first-order valence-corrected chi connectivity index (χ1v) is 10.8. The molecular weight excluding hydrogens is 467 g/mol. The Kier molecular flexibility index (Phi) is 12.6. The van der Waals surface area contributed by atoms with Gasteiger partial charge < -0.3 is 28.4 Å². The van der Waals surface area contributed by atoms with Gasteiger partial charge in [0.1, 0.15) is 0 Å². The van der Waals surface area contributed by atoms with Gasteiger partial charge in [0.25, 0.3) is 0 Å². The third kappa shape index (κ3) is 7.21. The molecule has 0 aliphatic rings. The Morgan fingerprint density at radius 2 is 0.771 bits per heavy atom. The molecule has 12 nitrogen and oxygen atoms in total. The maximum absolute atomic E-state index is 5.47. The number of nitrogens with zero attached hydrogens (tertiary/aromatic N) is 6. The van der Waals surface area contributed by atoms with Crippen LogP contribution < -0.4 is 29.6 Å². The molecule has 3 rings (SSSR count). The second-order valence-electron chi connectivity index (χ2n) is 7.66. The minimum absolute atomic E-state index is 0. The Morgan fingerprint density at radius 1 is 0.514 bits per heavy atom. The van der Waals surface area contributed by atoms with E-state index in [2.05, 4.69) is 0 Å². The zero-order valence-corrected chi connectivity index (χ0v) is 23.7. The van der Waals surface area contributed by atoms with Gasteiger partial charge in [0.15, 0.2) is 0 Å². The molecule has 0 saturated heterocycles. The van der Waals surface area contributed by atoms with Crippen LogP contribution in [-0.2, 0) is 68.1 Å². The Morgan fingerprint density at radius 3 is 1.00 bits per heavy atom. The van der Waals surface area contributed by atoms with Crippen molar-refractivity contribution in [3.63, 3.8) is 0 Å². The minimum Gasteiger partial charge on any atom is -0.378 e. The van der Waals surface area contributed by atoms with Crippen molar-refractivity contribution in [3.05, 3.63) is 52.4 Å². The molecule has 0 aliphatic carbocycles. The van der Waals surface area contributed by atoms with Crippen LogP contribution in [0.1, 0.15) is 40.5 Å². The Labute approximate surface area is 227 Å². The van der Waals surface area contributed by atoms with E-state index < -0.39 is 6.29 Å². The van der Waals surface area contributed by atoms with Crippen LogP contribution in [0, 0.1) is 0 Å². The summed E-state index contributed by atoms with van der Waals surface area (Å²) in [5.41, 5.74) is 4.77.